The summed E-state index contributed by atoms with van der Waals surface area (Å²) in [5.74, 6) is -7.20. The number of aliphatic carboxylic acids is 1. The molecule has 3 aromatic rings. The number of rotatable bonds is 40. The number of carboxylic acid groups (broad SMARTS) is 1. The van der Waals surface area contributed by atoms with E-state index in [4.69, 9.17) is 24.8 Å². The summed E-state index contributed by atoms with van der Waals surface area (Å²) in [6.07, 6.45) is 0.00574. The number of carbonyl (C=O) groups excluding carboxylic acids is 9. The molecule has 0 spiro atoms. The zero-order valence-electron chi connectivity index (χ0n) is 60.4. The molecule has 29 nitrogen and oxygen atoms in total. The number of likely N-dealkylation sites (tertiary alicyclic amines) is 1. The van der Waals surface area contributed by atoms with Crippen molar-refractivity contribution in [3.63, 3.8) is 0 Å². The molecule has 3 aromatic carbocycles. The highest BCUT2D eigenvalue weighted by Crippen LogP contribution is 2.31. The highest BCUT2D eigenvalue weighted by molar-refractivity contribution is 5.99. The van der Waals surface area contributed by atoms with Crippen LogP contribution in [0, 0.1) is 29.6 Å². The van der Waals surface area contributed by atoms with Crippen molar-refractivity contribution in [2.75, 3.05) is 60.4 Å². The Labute approximate surface area is 587 Å². The summed E-state index contributed by atoms with van der Waals surface area (Å²) in [5.41, 5.74) is 7.49. The number of phenolic OH excluding ortho intramolecular Hbond substituents is 1. The molecule has 0 aliphatic carbocycles. The smallest absolute Gasteiger partial charge is 0.410 e. The zero-order valence-corrected chi connectivity index (χ0v) is 60.4. The van der Waals surface area contributed by atoms with Crippen LogP contribution >= 0.6 is 0 Å². The van der Waals surface area contributed by atoms with Gasteiger partial charge in [0, 0.05) is 52.7 Å². The van der Waals surface area contributed by atoms with Crippen LogP contribution in [-0.2, 0) is 70.4 Å². The summed E-state index contributed by atoms with van der Waals surface area (Å²) in [4.78, 5) is 145. The summed E-state index contributed by atoms with van der Waals surface area (Å²) in [5, 5.41) is 53.5. The van der Waals surface area contributed by atoms with Crippen molar-refractivity contribution in [1.82, 2.24) is 46.6 Å². The number of nitrogens with one attached hydrogen (secondary N) is 7. The Hall–Kier alpha value is -8.93. The van der Waals surface area contributed by atoms with E-state index in [9.17, 15) is 63.3 Å². The number of methoxy groups -OCH3 is 2. The van der Waals surface area contributed by atoms with E-state index in [0.717, 1.165) is 11.1 Å². The third-order valence-corrected chi connectivity index (χ3v) is 18.2. The summed E-state index contributed by atoms with van der Waals surface area (Å²) in [6.45, 7) is 17.5. The van der Waals surface area contributed by atoms with E-state index in [-0.39, 0.29) is 67.9 Å². The molecule has 1 fully saturated rings. The largest absolute Gasteiger partial charge is 0.507 e. The number of aliphatic hydroxyl groups is 1. The standard InChI is InChI=1S/C71H108N12O17/c1-16-43(8)61(55(97-14)36-57(86)83-33-21-25-53(83)63(98-15)44(9)64(88)76-45(10)62(87)48-22-18-17-19-23-48)81(12)68(92)59(41(4)5)80-67(91)60(42(6)7)82(13)71(96)99-38-46-26-29-50(30-27-46)77-65(89)51(24-20-32-74-70(72)95)78-66(90)58(40(2)3)79-56(85)39-100-75-37-49-34-47(28-31-54(49)84)35-52(73-11)69(93)94/h17-19,22-23,26-31,34,37,40-45,51-53,55,58-63,73,84,87H,16,20-21,24-25,32-33,35-36,38-39H2,1-15H3,(H,76,88)(H,77,89)(H,78,90)(H,79,85)(H,80,91)(H,93,94)(H3,72,74,95)/b75-37+/t43-,44+,45+,51-,52-,53-,55+,58-,59-,60-,61-,62+,63+/m0/s1. The van der Waals surface area contributed by atoms with Gasteiger partial charge in [0.2, 0.25) is 35.4 Å². The lowest BCUT2D eigenvalue weighted by atomic mass is 9.89. The first-order valence-corrected chi connectivity index (χ1v) is 34.1. The molecule has 0 saturated carbocycles. The topological polar surface area (TPSA) is 401 Å². The maximum Gasteiger partial charge on any atom is 0.410 e. The summed E-state index contributed by atoms with van der Waals surface area (Å²) in [7, 11) is 7.56. The number of oxime groups is 1. The highest BCUT2D eigenvalue weighted by atomic mass is 16.6. The molecule has 29 heteroatoms. The number of hydrogen-bond donors (Lipinski definition) is 11. The van der Waals surface area contributed by atoms with E-state index in [1.165, 1.54) is 45.3 Å². The van der Waals surface area contributed by atoms with Gasteiger partial charge in [-0.15, -0.1) is 0 Å². The zero-order chi connectivity index (χ0) is 74.7. The van der Waals surface area contributed by atoms with Gasteiger partial charge in [-0.1, -0.05) is 122 Å². The van der Waals surface area contributed by atoms with Crippen LogP contribution in [0.25, 0.3) is 0 Å². The predicted octanol–water partition coefficient (Wildman–Crippen LogP) is 4.56. The van der Waals surface area contributed by atoms with Gasteiger partial charge in [0.05, 0.1) is 55.0 Å². The first kappa shape index (κ1) is 83.5. The second-order valence-electron chi connectivity index (χ2n) is 26.6. The Morgan fingerprint density at radius 1 is 0.760 bits per heavy atom. The first-order chi connectivity index (χ1) is 47.3. The van der Waals surface area contributed by atoms with Crippen molar-refractivity contribution in [3.05, 3.63) is 95.1 Å². The lowest BCUT2D eigenvalue weighted by Gasteiger charge is -2.41. The quantitative estimate of drug-likeness (QED) is 0.0211. The normalized spacial score (nSPS) is 16.7. The van der Waals surface area contributed by atoms with E-state index in [1.807, 2.05) is 32.0 Å². The maximum atomic E-state index is 14.8. The van der Waals surface area contributed by atoms with Crippen molar-refractivity contribution in [1.29, 1.82) is 0 Å². The molecule has 0 aromatic heterocycles. The van der Waals surface area contributed by atoms with Crippen LogP contribution in [0.5, 0.6) is 5.75 Å². The van der Waals surface area contributed by atoms with Gasteiger partial charge in [0.25, 0.3) is 5.91 Å². The van der Waals surface area contributed by atoms with Crippen molar-refractivity contribution >= 4 is 71.3 Å². The van der Waals surface area contributed by atoms with Gasteiger partial charge in [-0.3, -0.25) is 43.3 Å². The number of phenols is 1. The number of anilines is 1. The van der Waals surface area contributed by atoms with Gasteiger partial charge in [-0.25, -0.2) is 9.59 Å². The number of primary amides is 1. The number of likely N-dealkylation sites (N-methyl/N-ethyl adjacent to an activating group) is 3. The molecule has 0 bridgehead atoms. The average Bonchev–Trinajstić information content (AvgIpc) is 1.69. The number of amides is 10. The SMILES string of the molecule is CC[C@H](C)[C@@H]([C@@H](CC(=O)N1CCC[C@H]1[C@H](OC)[C@@H](C)C(=O)N[C@H](C)[C@@H](O)c1ccccc1)OC)N(C)C(=O)[C@@H](NC(=O)[C@H](C(C)C)N(C)C(=O)OCc1ccc(NC(=O)[C@H](CCCNC(N)=O)NC(=O)[C@@H](NC(=O)CO/N=C/c2cc(C[C@H](NC)C(=O)O)ccc2O)C(C)C)cc1)C(C)C. The van der Waals surface area contributed by atoms with Crippen molar-refractivity contribution in [2.45, 2.75) is 187 Å². The minimum Gasteiger partial charge on any atom is -0.507 e. The van der Waals surface area contributed by atoms with E-state index >= 15 is 0 Å². The fourth-order valence-electron chi connectivity index (χ4n) is 12.2. The molecule has 1 heterocycles. The molecule has 13 atom stereocenters. The molecule has 0 unspecified atom stereocenters. The fourth-order valence-corrected chi connectivity index (χ4v) is 12.2. The van der Waals surface area contributed by atoms with Gasteiger partial charge in [0.15, 0.2) is 6.61 Å². The Balaban J connectivity index is 1.39. The lowest BCUT2D eigenvalue weighted by Crippen LogP contribution is -2.60. The monoisotopic (exact) mass is 1400 g/mol. The van der Waals surface area contributed by atoms with Crippen molar-refractivity contribution < 1.29 is 82.3 Å². The van der Waals surface area contributed by atoms with Crippen molar-refractivity contribution in [2.24, 2.45) is 40.5 Å². The molecule has 1 aliphatic heterocycles. The Kier molecular flexibility index (Phi) is 34.2. The number of aliphatic hydroxyl groups excluding tert-OH is 1. The number of urea groups is 1. The van der Waals surface area contributed by atoms with Gasteiger partial charge < -0.3 is 87.1 Å². The number of ether oxygens (including phenoxy) is 3. The van der Waals surface area contributed by atoms with Crippen LogP contribution in [0.1, 0.15) is 136 Å². The Morgan fingerprint density at radius 3 is 1.99 bits per heavy atom. The van der Waals surface area contributed by atoms with Crippen LogP contribution in [-0.4, -0.2) is 211 Å². The molecule has 12 N–H and O–H groups in total. The van der Waals surface area contributed by atoms with E-state index < -0.39 is 145 Å². The van der Waals surface area contributed by atoms with Crippen molar-refractivity contribution in [3.8, 4) is 5.75 Å². The molecule has 554 valence electrons. The van der Waals surface area contributed by atoms with Crippen LogP contribution in [0.3, 0.4) is 0 Å². The minimum absolute atomic E-state index is 0.0288. The second-order valence-corrected chi connectivity index (χ2v) is 26.6. The number of nitrogens with two attached hydrogens (primary N) is 1. The fraction of sp³-hybridized carbons (Fsp3) is 0.592. The average molecular weight is 1400 g/mol. The van der Waals surface area contributed by atoms with E-state index in [0.29, 0.717) is 48.2 Å². The third kappa shape index (κ3) is 24.8. The van der Waals surface area contributed by atoms with Gasteiger partial charge in [-0.2, -0.15) is 0 Å². The minimum atomic E-state index is -1.19. The molecule has 10 amide bonds. The maximum absolute atomic E-state index is 14.8. The number of benzene rings is 3. The summed E-state index contributed by atoms with van der Waals surface area (Å²) in [6, 6.07) is 11.9. The molecule has 4 rings (SSSR count). The van der Waals surface area contributed by atoms with Crippen LogP contribution in [0.2, 0.25) is 0 Å². The van der Waals surface area contributed by atoms with Crippen LogP contribution < -0.4 is 43.0 Å². The second kappa shape index (κ2) is 41.0. The molecular weight excluding hydrogens is 1290 g/mol. The number of carboxylic acids is 1. The number of hydrogen-bond acceptors (Lipinski definition) is 18. The summed E-state index contributed by atoms with van der Waals surface area (Å²) >= 11 is 0. The number of aromatic hydroxyl groups is 1. The molecule has 1 aliphatic rings. The van der Waals surface area contributed by atoms with Gasteiger partial charge in [0.1, 0.15) is 42.6 Å². The molecule has 1 saturated heterocycles. The lowest BCUT2D eigenvalue weighted by molar-refractivity contribution is -0.148. The van der Waals surface area contributed by atoms with E-state index in [1.54, 1.807) is 110 Å². The molecule has 100 heavy (non-hydrogen) atoms. The van der Waals surface area contributed by atoms with E-state index in [2.05, 4.69) is 42.4 Å². The van der Waals surface area contributed by atoms with Crippen LogP contribution in [0.15, 0.2) is 78.0 Å². The molecular formula is C71H108N12O17. The van der Waals surface area contributed by atoms with Gasteiger partial charge >= 0.3 is 18.1 Å². The summed E-state index contributed by atoms with van der Waals surface area (Å²) < 4.78 is 17.8. The first-order valence-electron chi connectivity index (χ1n) is 34.1. The Morgan fingerprint density at radius 2 is 1.41 bits per heavy atom. The number of carbonyl (C=O) groups is 10. The predicted molar refractivity (Wildman–Crippen MR) is 375 cm³/mol. The molecule has 0 radical (unpaired) electrons. The third-order valence-electron chi connectivity index (χ3n) is 18.2. The van der Waals surface area contributed by atoms with Crippen LogP contribution in [0.4, 0.5) is 15.3 Å². The van der Waals surface area contributed by atoms with Gasteiger partial charge in [-0.05, 0) is 111 Å². The Bertz CT molecular complexity index is 3210. The highest BCUT2D eigenvalue weighted by Gasteiger charge is 2.44. The number of nitrogens with zero attached hydrogens (tertiary/aromatic N) is 4.